The largest absolute Gasteiger partial charge is 0.417 e. The van der Waals surface area contributed by atoms with E-state index in [1.54, 1.807) is 30.6 Å². The van der Waals surface area contributed by atoms with Gasteiger partial charge in [-0.2, -0.15) is 18.4 Å². The predicted octanol–water partition coefficient (Wildman–Crippen LogP) is 4.96. The van der Waals surface area contributed by atoms with Crippen LogP contribution in [0.2, 0.25) is 0 Å². The Morgan fingerprint density at radius 2 is 1.86 bits per heavy atom. The molecule has 0 bridgehead atoms. The van der Waals surface area contributed by atoms with Crippen molar-refractivity contribution in [1.29, 1.82) is 5.26 Å². The molecule has 0 N–H and O–H groups in total. The quantitative estimate of drug-likeness (QED) is 0.607. The van der Waals surface area contributed by atoms with Crippen LogP contribution in [0.5, 0.6) is 0 Å². The highest BCUT2D eigenvalue weighted by molar-refractivity contribution is 5.51. The molecule has 0 saturated heterocycles. The van der Waals surface area contributed by atoms with Gasteiger partial charge in [-0.3, -0.25) is 4.98 Å². The van der Waals surface area contributed by atoms with Crippen molar-refractivity contribution in [3.63, 3.8) is 0 Å². The number of nitriles is 1. The minimum Gasteiger partial charge on any atom is -0.264 e. The van der Waals surface area contributed by atoms with E-state index in [0.717, 1.165) is 17.2 Å². The van der Waals surface area contributed by atoms with Gasteiger partial charge in [-0.25, -0.2) is 0 Å². The third-order valence-corrected chi connectivity index (χ3v) is 4.14. The summed E-state index contributed by atoms with van der Waals surface area (Å²) in [6.07, 6.45) is 0.239. The molecule has 0 unspecified atom stereocenters. The monoisotopic (exact) mass is 375 g/mol. The van der Waals surface area contributed by atoms with Crippen molar-refractivity contribution < 1.29 is 13.2 Å². The number of hydrogen-bond donors (Lipinski definition) is 0. The molecule has 28 heavy (non-hydrogen) atoms. The Balaban J connectivity index is 1.94. The molecule has 3 aromatic rings. The zero-order valence-corrected chi connectivity index (χ0v) is 14.7. The third kappa shape index (κ3) is 4.78. The number of hydrogen-bond acceptors (Lipinski definition) is 2. The van der Waals surface area contributed by atoms with Crippen molar-refractivity contribution in [2.24, 2.45) is 0 Å². The van der Waals surface area contributed by atoms with Gasteiger partial charge in [-0.1, -0.05) is 24.0 Å². The standard InChI is InChI=1S/C23H14F3N2/c24-23(25,26)22-6-2-1-5-20(22)12-11-19-9-8-18(15-27)14-21(19)10-7-17-4-3-13-28-16-17/h1,3-6,8-9,13-14,16H,7,10H2. The number of alkyl halides is 3. The fourth-order valence-corrected chi connectivity index (χ4v) is 2.73. The zero-order valence-electron chi connectivity index (χ0n) is 14.7. The highest BCUT2D eigenvalue weighted by Gasteiger charge is 2.32. The molecule has 0 aliphatic carbocycles. The van der Waals surface area contributed by atoms with Crippen LogP contribution >= 0.6 is 0 Å². The van der Waals surface area contributed by atoms with Gasteiger partial charge < -0.3 is 0 Å². The van der Waals surface area contributed by atoms with Crippen LogP contribution in [0, 0.1) is 29.2 Å². The first-order valence-corrected chi connectivity index (χ1v) is 8.48. The van der Waals surface area contributed by atoms with Crippen LogP contribution < -0.4 is 0 Å². The molecule has 2 nitrogen and oxygen atoms in total. The Labute approximate surface area is 161 Å². The molecular weight excluding hydrogens is 361 g/mol. The van der Waals surface area contributed by atoms with E-state index in [-0.39, 0.29) is 5.56 Å². The van der Waals surface area contributed by atoms with Crippen molar-refractivity contribution in [1.82, 2.24) is 4.98 Å². The van der Waals surface area contributed by atoms with Crippen LogP contribution in [0.3, 0.4) is 0 Å². The van der Waals surface area contributed by atoms with Crippen LogP contribution in [0.25, 0.3) is 0 Å². The van der Waals surface area contributed by atoms with Crippen LogP contribution in [0.1, 0.15) is 33.4 Å². The topological polar surface area (TPSA) is 36.7 Å². The first-order valence-electron chi connectivity index (χ1n) is 8.48. The van der Waals surface area contributed by atoms with E-state index < -0.39 is 11.7 Å². The number of nitrogens with zero attached hydrogens (tertiary/aromatic N) is 2. The van der Waals surface area contributed by atoms with Gasteiger partial charge in [-0.05, 0) is 66.4 Å². The molecule has 0 atom stereocenters. The van der Waals surface area contributed by atoms with E-state index >= 15 is 0 Å². The SMILES string of the molecule is N#Cc1ccc(C#Cc2cc[c]cc2C(F)(F)F)c(CCc2cccnc2)c1. The zero-order chi connectivity index (χ0) is 20.0. The Bertz CT molecular complexity index is 1070. The molecular formula is C23H14F3N2. The van der Waals surface area contributed by atoms with E-state index in [1.807, 2.05) is 12.1 Å². The smallest absolute Gasteiger partial charge is 0.264 e. The summed E-state index contributed by atoms with van der Waals surface area (Å²) in [6.45, 7) is 0. The van der Waals surface area contributed by atoms with Gasteiger partial charge in [0.1, 0.15) is 0 Å². The second-order valence-electron chi connectivity index (χ2n) is 6.06. The van der Waals surface area contributed by atoms with Crippen LogP contribution in [-0.4, -0.2) is 4.98 Å². The van der Waals surface area contributed by atoms with E-state index in [2.05, 4.69) is 29.0 Å². The lowest BCUT2D eigenvalue weighted by molar-refractivity contribution is -0.137. The highest BCUT2D eigenvalue weighted by atomic mass is 19.4. The molecule has 0 aliphatic heterocycles. The molecule has 0 amide bonds. The number of benzene rings is 2. The number of pyridine rings is 1. The van der Waals surface area contributed by atoms with Gasteiger partial charge in [0, 0.05) is 23.5 Å². The van der Waals surface area contributed by atoms with Crippen molar-refractivity contribution >= 4 is 0 Å². The lowest BCUT2D eigenvalue weighted by Crippen LogP contribution is -2.07. The van der Waals surface area contributed by atoms with Gasteiger partial charge >= 0.3 is 6.18 Å². The Morgan fingerprint density at radius 1 is 1.04 bits per heavy atom. The number of aromatic nitrogens is 1. The fraction of sp³-hybridized carbons (Fsp3) is 0.130. The summed E-state index contributed by atoms with van der Waals surface area (Å²) in [4.78, 5) is 4.07. The molecule has 0 aliphatic rings. The number of aryl methyl sites for hydroxylation is 2. The van der Waals surface area contributed by atoms with E-state index in [1.165, 1.54) is 12.1 Å². The second-order valence-corrected chi connectivity index (χ2v) is 6.06. The molecule has 0 saturated carbocycles. The first-order chi connectivity index (χ1) is 13.5. The maximum atomic E-state index is 13.1. The average molecular weight is 375 g/mol. The normalized spacial score (nSPS) is 10.6. The average Bonchev–Trinajstić information content (AvgIpc) is 2.71. The lowest BCUT2D eigenvalue weighted by atomic mass is 9.98. The Kier molecular flexibility index (Phi) is 5.77. The van der Waals surface area contributed by atoms with Crippen LogP contribution in [0.15, 0.2) is 60.9 Å². The summed E-state index contributed by atoms with van der Waals surface area (Å²) in [5.74, 6) is 5.47. The molecule has 0 spiro atoms. The predicted molar refractivity (Wildman–Crippen MR) is 99.1 cm³/mol. The minimum absolute atomic E-state index is 0.103. The molecule has 1 aromatic heterocycles. The Hall–Kier alpha value is -3.57. The van der Waals surface area contributed by atoms with Gasteiger partial charge in [0.25, 0.3) is 0 Å². The molecule has 137 valence electrons. The second kappa shape index (κ2) is 8.41. The lowest BCUT2D eigenvalue weighted by Gasteiger charge is -2.08. The van der Waals surface area contributed by atoms with Crippen molar-refractivity contribution in [3.05, 3.63) is 100 Å². The van der Waals surface area contributed by atoms with E-state index in [4.69, 9.17) is 5.26 Å². The summed E-state index contributed by atoms with van der Waals surface area (Å²) < 4.78 is 39.4. The third-order valence-electron chi connectivity index (χ3n) is 4.14. The maximum absolute atomic E-state index is 13.1. The van der Waals surface area contributed by atoms with Gasteiger partial charge in [-0.15, -0.1) is 0 Å². The fourth-order valence-electron chi connectivity index (χ4n) is 2.73. The van der Waals surface area contributed by atoms with Crippen molar-refractivity contribution in [2.45, 2.75) is 19.0 Å². The molecule has 5 heteroatoms. The number of halogens is 3. The van der Waals surface area contributed by atoms with Crippen LogP contribution in [0.4, 0.5) is 13.2 Å². The van der Waals surface area contributed by atoms with Crippen LogP contribution in [-0.2, 0) is 19.0 Å². The summed E-state index contributed by atoms with van der Waals surface area (Å²) in [5.41, 5.74) is 2.01. The summed E-state index contributed by atoms with van der Waals surface area (Å²) >= 11 is 0. The van der Waals surface area contributed by atoms with Crippen molar-refractivity contribution in [2.75, 3.05) is 0 Å². The molecule has 1 heterocycles. The minimum atomic E-state index is -4.49. The molecule has 3 rings (SSSR count). The summed E-state index contributed by atoms with van der Waals surface area (Å²) in [7, 11) is 0. The van der Waals surface area contributed by atoms with Gasteiger partial charge in [0.05, 0.1) is 17.2 Å². The molecule has 2 aromatic carbocycles. The van der Waals surface area contributed by atoms with E-state index in [0.29, 0.717) is 24.0 Å². The van der Waals surface area contributed by atoms with Gasteiger partial charge in [0.15, 0.2) is 0 Å². The highest BCUT2D eigenvalue weighted by Crippen LogP contribution is 2.31. The molecule has 1 radical (unpaired) electrons. The first kappa shape index (κ1) is 19.2. The Morgan fingerprint density at radius 3 is 2.57 bits per heavy atom. The molecule has 0 fully saturated rings. The maximum Gasteiger partial charge on any atom is 0.417 e. The van der Waals surface area contributed by atoms with Crippen molar-refractivity contribution in [3.8, 4) is 17.9 Å². The number of rotatable bonds is 3. The summed E-state index contributed by atoms with van der Waals surface area (Å²) in [6, 6.07) is 16.9. The van der Waals surface area contributed by atoms with Gasteiger partial charge in [0.2, 0.25) is 0 Å². The van der Waals surface area contributed by atoms with E-state index in [9.17, 15) is 13.2 Å². The summed E-state index contributed by atoms with van der Waals surface area (Å²) in [5, 5.41) is 9.15.